The van der Waals surface area contributed by atoms with E-state index in [-0.39, 0.29) is 0 Å². The summed E-state index contributed by atoms with van der Waals surface area (Å²) in [7, 11) is 0. The average Bonchev–Trinajstić information content (AvgIpc) is 2.93. The molecule has 1 aromatic heterocycles. The number of nitrogens with zero attached hydrogens (tertiary/aromatic N) is 1. The molecular weight excluding hydrogens is 279 g/mol. The number of unbranched alkanes of at least 4 members (excludes halogenated alkanes) is 3. The molecule has 1 nitrogen and oxygen atoms in total. The molecule has 0 aliphatic heterocycles. The quantitative estimate of drug-likeness (QED) is 0.490. The Kier molecular flexibility index (Phi) is 7.80. The van der Waals surface area contributed by atoms with Gasteiger partial charge in [-0.3, -0.25) is 0 Å². The fourth-order valence-corrected chi connectivity index (χ4v) is 14.2. The molecule has 0 bridgehead atoms. The summed E-state index contributed by atoms with van der Waals surface area (Å²) in [6.07, 6.45) is 13.1. The van der Waals surface area contributed by atoms with Crippen molar-refractivity contribution < 1.29 is 0 Å². The maximum atomic E-state index is 2.70. The molecule has 0 unspecified atom stereocenters. The Hall–Kier alpha value is -0.177. The molecule has 0 aromatic carbocycles. The maximum absolute atomic E-state index is 2.70. The Balaban J connectivity index is 2.84. The number of hydrogen-bond donors (Lipinski definition) is 0. The second-order valence-corrected chi connectivity index (χ2v) is 15.0. The van der Waals surface area contributed by atoms with Crippen LogP contribution in [0.1, 0.15) is 59.3 Å². The van der Waals surface area contributed by atoms with Crippen LogP contribution in [0.15, 0.2) is 24.5 Å². The van der Waals surface area contributed by atoms with Crippen LogP contribution in [-0.4, -0.2) is 17.0 Å². The van der Waals surface area contributed by atoms with Crippen molar-refractivity contribution in [2.24, 2.45) is 0 Å². The van der Waals surface area contributed by atoms with Crippen LogP contribution in [0, 0.1) is 0 Å². The van der Waals surface area contributed by atoms with Gasteiger partial charge in [-0.15, -0.1) is 0 Å². The van der Waals surface area contributed by atoms with E-state index in [0.29, 0.717) is 0 Å². The Morgan fingerprint density at radius 1 is 0.722 bits per heavy atom. The average molecular weight is 310 g/mol. The van der Waals surface area contributed by atoms with Crippen molar-refractivity contribution in [3.8, 4) is 0 Å². The zero-order chi connectivity index (χ0) is 13.3. The zero-order valence-corrected chi connectivity index (χ0v) is 14.7. The monoisotopic (exact) mass is 311 g/mol. The summed E-state index contributed by atoms with van der Waals surface area (Å²) >= 11 is -1.85. The van der Waals surface area contributed by atoms with Crippen LogP contribution in [0.4, 0.5) is 0 Å². The summed E-state index contributed by atoms with van der Waals surface area (Å²) in [6.45, 7) is 7.01. The second kappa shape index (κ2) is 8.84. The minimum absolute atomic E-state index is 1.35. The Morgan fingerprint density at radius 3 is 1.44 bits per heavy atom. The van der Waals surface area contributed by atoms with E-state index in [1.54, 1.807) is 0 Å². The number of aromatic nitrogens is 1. The van der Waals surface area contributed by atoms with Crippen LogP contribution in [-0.2, 0) is 0 Å². The molecule has 0 atom stereocenters. The fraction of sp³-hybridized carbons (Fsp3) is 0.750. The molecule has 1 rings (SSSR count). The van der Waals surface area contributed by atoms with Crippen LogP contribution in [0.2, 0.25) is 15.8 Å². The molecule has 0 aliphatic rings. The van der Waals surface area contributed by atoms with Gasteiger partial charge in [0.15, 0.2) is 0 Å². The van der Waals surface area contributed by atoms with Crippen LogP contribution < -0.4 is 0 Å². The topological polar surface area (TPSA) is 4.93 Å². The molecule has 0 spiro atoms. The van der Waals surface area contributed by atoms with Crippen molar-refractivity contribution in [2.75, 3.05) is 0 Å². The molecule has 1 heterocycles. The minimum atomic E-state index is -1.85. The van der Waals surface area contributed by atoms with Crippen molar-refractivity contribution in [3.63, 3.8) is 0 Å². The SMILES string of the molecule is CCC[CH2][Ge]([CH2]CCC)([CH2]CCC)[n]1cccc1. The molecule has 0 N–H and O–H groups in total. The van der Waals surface area contributed by atoms with E-state index in [9.17, 15) is 0 Å². The van der Waals surface area contributed by atoms with E-state index in [1.165, 1.54) is 54.3 Å². The van der Waals surface area contributed by atoms with Gasteiger partial charge in [0.25, 0.3) is 0 Å². The summed E-state index contributed by atoms with van der Waals surface area (Å²) in [5.41, 5.74) is 0. The number of rotatable bonds is 10. The molecular formula is C16H31GeN. The third kappa shape index (κ3) is 4.49. The molecule has 0 saturated carbocycles. The van der Waals surface area contributed by atoms with E-state index in [0.717, 1.165) is 0 Å². The van der Waals surface area contributed by atoms with Gasteiger partial charge >= 0.3 is 117 Å². The van der Waals surface area contributed by atoms with Crippen molar-refractivity contribution in [1.29, 1.82) is 0 Å². The Morgan fingerprint density at radius 2 is 1.11 bits per heavy atom. The van der Waals surface area contributed by atoms with Gasteiger partial charge in [-0.2, -0.15) is 0 Å². The first-order chi connectivity index (χ1) is 8.79. The third-order valence-corrected chi connectivity index (χ3v) is 15.1. The molecule has 0 aliphatic carbocycles. The Bertz CT molecular complexity index is 270. The van der Waals surface area contributed by atoms with Crippen molar-refractivity contribution in [3.05, 3.63) is 24.5 Å². The zero-order valence-electron chi connectivity index (χ0n) is 12.6. The summed E-state index contributed by atoms with van der Waals surface area (Å²) < 4.78 is 2.70. The van der Waals surface area contributed by atoms with Crippen molar-refractivity contribution in [1.82, 2.24) is 3.52 Å². The molecule has 104 valence electrons. The Labute approximate surface area is 117 Å². The van der Waals surface area contributed by atoms with E-state index >= 15 is 0 Å². The van der Waals surface area contributed by atoms with Crippen LogP contribution in [0.5, 0.6) is 0 Å². The van der Waals surface area contributed by atoms with Gasteiger partial charge in [0, 0.05) is 0 Å². The van der Waals surface area contributed by atoms with Gasteiger partial charge in [0.1, 0.15) is 0 Å². The predicted octanol–water partition coefficient (Wildman–Crippen LogP) is 5.68. The molecule has 0 radical (unpaired) electrons. The summed E-state index contributed by atoms with van der Waals surface area (Å²) in [6, 6.07) is 4.45. The normalized spacial score (nSPS) is 11.9. The van der Waals surface area contributed by atoms with Gasteiger partial charge in [0.2, 0.25) is 0 Å². The molecule has 0 saturated heterocycles. The first-order valence-electron chi connectivity index (χ1n) is 7.92. The van der Waals surface area contributed by atoms with E-state index < -0.39 is 13.5 Å². The molecule has 1 aromatic rings. The predicted molar refractivity (Wildman–Crippen MR) is 84.7 cm³/mol. The second-order valence-electron chi connectivity index (χ2n) is 5.63. The van der Waals surface area contributed by atoms with Gasteiger partial charge in [-0.25, -0.2) is 0 Å². The van der Waals surface area contributed by atoms with E-state index in [4.69, 9.17) is 0 Å². The molecule has 0 amide bonds. The van der Waals surface area contributed by atoms with Gasteiger partial charge in [-0.05, 0) is 0 Å². The molecule has 2 heteroatoms. The van der Waals surface area contributed by atoms with E-state index in [2.05, 4.69) is 48.8 Å². The van der Waals surface area contributed by atoms with Gasteiger partial charge < -0.3 is 0 Å². The van der Waals surface area contributed by atoms with Gasteiger partial charge in [-0.1, -0.05) is 0 Å². The first kappa shape index (κ1) is 15.9. The van der Waals surface area contributed by atoms with Gasteiger partial charge in [0.05, 0.1) is 0 Å². The standard InChI is InChI=1S/C16H31GeN/c1-4-7-12-17(13-8-5-2,14-9-6-3)18-15-10-11-16-18/h10-11,15-16H,4-9,12-14H2,1-3H3. The molecule has 0 fully saturated rings. The van der Waals surface area contributed by atoms with Crippen LogP contribution in [0.25, 0.3) is 0 Å². The van der Waals surface area contributed by atoms with E-state index in [1.807, 2.05) is 0 Å². The fourth-order valence-electron chi connectivity index (χ4n) is 2.93. The number of hydrogen-bond acceptors (Lipinski definition) is 0. The summed E-state index contributed by atoms with van der Waals surface area (Å²) in [4.78, 5) is 0. The van der Waals surface area contributed by atoms with Crippen molar-refractivity contribution in [2.45, 2.75) is 75.1 Å². The summed E-state index contributed by atoms with van der Waals surface area (Å²) in [5.74, 6) is 0. The van der Waals surface area contributed by atoms with Crippen LogP contribution >= 0.6 is 0 Å². The third-order valence-electron chi connectivity index (χ3n) is 4.14. The first-order valence-corrected chi connectivity index (χ1v) is 13.3. The van der Waals surface area contributed by atoms with Crippen LogP contribution in [0.3, 0.4) is 0 Å². The molecule has 18 heavy (non-hydrogen) atoms. The van der Waals surface area contributed by atoms with Crippen molar-refractivity contribution >= 4 is 13.5 Å². The summed E-state index contributed by atoms with van der Waals surface area (Å²) in [5, 5.41) is 4.60.